The van der Waals surface area contributed by atoms with E-state index in [0.717, 1.165) is 19.3 Å². The molecule has 1 aliphatic rings. The van der Waals surface area contributed by atoms with Crippen LogP contribution < -0.4 is 0 Å². The Balaban J connectivity index is 1.82. The number of halogens is 1. The zero-order valence-corrected chi connectivity index (χ0v) is 14.3. The van der Waals surface area contributed by atoms with E-state index in [4.69, 9.17) is 9.15 Å². The fourth-order valence-corrected chi connectivity index (χ4v) is 3.06. The molecule has 1 saturated heterocycles. The molecule has 1 aromatic heterocycles. The molecule has 1 aromatic rings. The first-order valence-electron chi connectivity index (χ1n) is 7.38. The Bertz CT molecular complexity index is 556. The standard InChI is InChI=1S/C16H20BrNO4/c1-11-4-3-5-12(2)18(11)15(19)10-21-16(20)9-7-13-6-8-14(17)22-13/h6-9,11-12H,3-5,10H2,1-2H3/b9-7+/t11-,12-/m1/s1. The number of amides is 1. The number of hydrogen-bond acceptors (Lipinski definition) is 4. The second-order valence-electron chi connectivity index (χ2n) is 5.51. The van der Waals surface area contributed by atoms with Gasteiger partial charge in [0, 0.05) is 18.2 Å². The van der Waals surface area contributed by atoms with Gasteiger partial charge in [-0.2, -0.15) is 0 Å². The molecule has 0 saturated carbocycles. The lowest BCUT2D eigenvalue weighted by Gasteiger charge is -2.38. The summed E-state index contributed by atoms with van der Waals surface area (Å²) in [5.41, 5.74) is 0. The summed E-state index contributed by atoms with van der Waals surface area (Å²) in [4.78, 5) is 25.7. The van der Waals surface area contributed by atoms with Gasteiger partial charge in [-0.05, 0) is 67.2 Å². The van der Waals surface area contributed by atoms with Crippen molar-refractivity contribution < 1.29 is 18.7 Å². The monoisotopic (exact) mass is 369 g/mol. The van der Waals surface area contributed by atoms with Crippen LogP contribution in [-0.2, 0) is 14.3 Å². The molecule has 0 spiro atoms. The van der Waals surface area contributed by atoms with Crippen molar-refractivity contribution in [3.05, 3.63) is 28.6 Å². The smallest absolute Gasteiger partial charge is 0.331 e. The van der Waals surface area contributed by atoms with Gasteiger partial charge in [-0.1, -0.05) is 0 Å². The SMILES string of the molecule is C[C@@H]1CCC[C@@H](C)N1C(=O)COC(=O)/C=C/c1ccc(Br)o1. The Morgan fingerprint density at radius 1 is 1.36 bits per heavy atom. The highest BCUT2D eigenvalue weighted by atomic mass is 79.9. The van der Waals surface area contributed by atoms with Crippen molar-refractivity contribution in [3.63, 3.8) is 0 Å². The maximum absolute atomic E-state index is 12.2. The molecule has 1 fully saturated rings. The van der Waals surface area contributed by atoms with E-state index in [0.29, 0.717) is 10.4 Å². The molecular formula is C16H20BrNO4. The molecule has 5 nitrogen and oxygen atoms in total. The number of furan rings is 1. The number of carbonyl (C=O) groups excluding carboxylic acids is 2. The average Bonchev–Trinajstić information content (AvgIpc) is 2.88. The van der Waals surface area contributed by atoms with Crippen LogP contribution in [0.1, 0.15) is 38.9 Å². The number of rotatable bonds is 4. The molecule has 0 radical (unpaired) electrons. The lowest BCUT2D eigenvalue weighted by molar-refractivity contribution is -0.151. The second kappa shape index (κ2) is 7.63. The molecule has 0 bridgehead atoms. The zero-order chi connectivity index (χ0) is 16.1. The number of hydrogen-bond donors (Lipinski definition) is 0. The first-order valence-corrected chi connectivity index (χ1v) is 8.18. The second-order valence-corrected chi connectivity index (χ2v) is 6.29. The van der Waals surface area contributed by atoms with E-state index in [1.807, 2.05) is 18.7 Å². The number of likely N-dealkylation sites (tertiary alicyclic amines) is 1. The predicted octanol–water partition coefficient (Wildman–Crippen LogP) is 3.39. The first-order chi connectivity index (χ1) is 10.5. The average molecular weight is 370 g/mol. The van der Waals surface area contributed by atoms with E-state index in [1.165, 1.54) is 12.2 Å². The van der Waals surface area contributed by atoms with Crippen LogP contribution in [0.25, 0.3) is 6.08 Å². The van der Waals surface area contributed by atoms with Crippen LogP contribution in [0.5, 0.6) is 0 Å². The molecule has 1 amide bonds. The first kappa shape index (κ1) is 16.8. The Kier molecular flexibility index (Phi) is 5.83. The molecule has 2 heterocycles. The van der Waals surface area contributed by atoms with Crippen LogP contribution in [0.2, 0.25) is 0 Å². The van der Waals surface area contributed by atoms with Crippen molar-refractivity contribution >= 4 is 33.9 Å². The van der Waals surface area contributed by atoms with Crippen LogP contribution in [0.4, 0.5) is 0 Å². The molecule has 120 valence electrons. The van der Waals surface area contributed by atoms with E-state index in [1.54, 1.807) is 12.1 Å². The zero-order valence-electron chi connectivity index (χ0n) is 12.8. The molecular weight excluding hydrogens is 350 g/mol. The minimum atomic E-state index is -0.557. The number of piperidine rings is 1. The van der Waals surface area contributed by atoms with E-state index in [2.05, 4.69) is 15.9 Å². The number of esters is 1. The summed E-state index contributed by atoms with van der Waals surface area (Å²) < 4.78 is 10.8. The summed E-state index contributed by atoms with van der Waals surface area (Å²) in [6, 6.07) is 3.85. The lowest BCUT2D eigenvalue weighted by Crippen LogP contribution is -2.49. The van der Waals surface area contributed by atoms with Gasteiger partial charge in [0.25, 0.3) is 5.91 Å². The van der Waals surface area contributed by atoms with Crippen molar-refractivity contribution in [2.45, 2.75) is 45.2 Å². The molecule has 0 unspecified atom stereocenters. The van der Waals surface area contributed by atoms with Crippen molar-refractivity contribution in [2.24, 2.45) is 0 Å². The Hall–Kier alpha value is -1.56. The largest absolute Gasteiger partial charge is 0.452 e. The quantitative estimate of drug-likeness (QED) is 0.602. The fraction of sp³-hybridized carbons (Fsp3) is 0.500. The third kappa shape index (κ3) is 4.47. The van der Waals surface area contributed by atoms with Crippen molar-refractivity contribution in [2.75, 3.05) is 6.61 Å². The molecule has 2 atom stereocenters. The number of ether oxygens (including phenoxy) is 1. The topological polar surface area (TPSA) is 59.8 Å². The molecule has 6 heteroatoms. The third-order valence-corrected chi connectivity index (χ3v) is 4.22. The summed E-state index contributed by atoms with van der Waals surface area (Å²) in [6.45, 7) is 3.84. The van der Waals surface area contributed by atoms with Gasteiger partial charge in [0.15, 0.2) is 11.3 Å². The Labute approximate surface area is 138 Å². The highest BCUT2D eigenvalue weighted by Gasteiger charge is 2.29. The minimum Gasteiger partial charge on any atom is -0.452 e. The summed E-state index contributed by atoms with van der Waals surface area (Å²) in [5, 5.41) is 0. The normalized spacial score (nSPS) is 22.0. The molecule has 0 aromatic carbocycles. The van der Waals surface area contributed by atoms with Crippen molar-refractivity contribution in [1.82, 2.24) is 4.90 Å². The summed E-state index contributed by atoms with van der Waals surface area (Å²) in [5.74, 6) is -0.159. The van der Waals surface area contributed by atoms with Gasteiger partial charge in [0.2, 0.25) is 0 Å². The summed E-state index contributed by atoms with van der Waals surface area (Å²) >= 11 is 3.18. The van der Waals surface area contributed by atoms with Crippen LogP contribution >= 0.6 is 15.9 Å². The Morgan fingerprint density at radius 2 is 2.05 bits per heavy atom. The summed E-state index contributed by atoms with van der Waals surface area (Å²) in [7, 11) is 0. The maximum atomic E-state index is 12.2. The molecule has 22 heavy (non-hydrogen) atoms. The third-order valence-electron chi connectivity index (χ3n) is 3.80. The van der Waals surface area contributed by atoms with Gasteiger partial charge in [-0.3, -0.25) is 4.79 Å². The van der Waals surface area contributed by atoms with Gasteiger partial charge in [0.05, 0.1) is 0 Å². The van der Waals surface area contributed by atoms with Gasteiger partial charge in [0.1, 0.15) is 5.76 Å². The van der Waals surface area contributed by atoms with Crippen LogP contribution in [0.15, 0.2) is 27.3 Å². The van der Waals surface area contributed by atoms with Crippen LogP contribution in [0, 0.1) is 0 Å². The van der Waals surface area contributed by atoms with Gasteiger partial charge >= 0.3 is 5.97 Å². The molecule has 0 aliphatic carbocycles. The number of nitrogens with zero attached hydrogens (tertiary/aromatic N) is 1. The van der Waals surface area contributed by atoms with Gasteiger partial charge < -0.3 is 14.1 Å². The van der Waals surface area contributed by atoms with Crippen LogP contribution in [-0.4, -0.2) is 35.5 Å². The predicted molar refractivity (Wildman–Crippen MR) is 86.0 cm³/mol. The lowest BCUT2D eigenvalue weighted by atomic mass is 9.97. The van der Waals surface area contributed by atoms with E-state index < -0.39 is 5.97 Å². The fourth-order valence-electron chi connectivity index (χ4n) is 2.74. The van der Waals surface area contributed by atoms with E-state index in [9.17, 15) is 9.59 Å². The van der Waals surface area contributed by atoms with Gasteiger partial charge in [-0.15, -0.1) is 0 Å². The van der Waals surface area contributed by atoms with Crippen molar-refractivity contribution in [1.29, 1.82) is 0 Å². The number of carbonyl (C=O) groups is 2. The Morgan fingerprint density at radius 3 is 2.64 bits per heavy atom. The van der Waals surface area contributed by atoms with Crippen LogP contribution in [0.3, 0.4) is 0 Å². The maximum Gasteiger partial charge on any atom is 0.331 e. The highest BCUT2D eigenvalue weighted by molar-refractivity contribution is 9.10. The molecule has 2 rings (SSSR count). The van der Waals surface area contributed by atoms with E-state index >= 15 is 0 Å². The summed E-state index contributed by atoms with van der Waals surface area (Å²) in [6.07, 6.45) is 5.88. The molecule has 0 N–H and O–H groups in total. The molecule has 1 aliphatic heterocycles. The minimum absolute atomic E-state index is 0.137. The van der Waals surface area contributed by atoms with Crippen molar-refractivity contribution in [3.8, 4) is 0 Å². The highest BCUT2D eigenvalue weighted by Crippen LogP contribution is 2.22. The van der Waals surface area contributed by atoms with Gasteiger partial charge in [-0.25, -0.2) is 4.79 Å². The van der Waals surface area contributed by atoms with E-state index in [-0.39, 0.29) is 24.6 Å².